The highest BCUT2D eigenvalue weighted by Gasteiger charge is 2.27. The van der Waals surface area contributed by atoms with Crippen molar-refractivity contribution in [3.8, 4) is 0 Å². The van der Waals surface area contributed by atoms with Crippen LogP contribution < -0.4 is 10.9 Å². The van der Waals surface area contributed by atoms with Gasteiger partial charge >= 0.3 is 0 Å². The van der Waals surface area contributed by atoms with Gasteiger partial charge in [0.25, 0.3) is 5.56 Å². The molecule has 31 heavy (non-hydrogen) atoms. The van der Waals surface area contributed by atoms with Gasteiger partial charge in [0.1, 0.15) is 11.6 Å². The van der Waals surface area contributed by atoms with Crippen LogP contribution in [-0.4, -0.2) is 32.5 Å². The van der Waals surface area contributed by atoms with Crippen molar-refractivity contribution in [3.05, 3.63) is 68.1 Å². The minimum atomic E-state index is -0.169. The lowest BCUT2D eigenvalue weighted by Gasteiger charge is -2.26. The summed E-state index contributed by atoms with van der Waals surface area (Å²) < 4.78 is 5.53. The second-order valence-corrected chi connectivity index (χ2v) is 8.11. The van der Waals surface area contributed by atoms with E-state index in [-0.39, 0.29) is 17.9 Å². The molecule has 0 bridgehead atoms. The molecule has 3 heterocycles. The molecule has 1 aliphatic rings. The van der Waals surface area contributed by atoms with Crippen LogP contribution in [0, 0.1) is 27.7 Å². The normalized spacial score (nSPS) is 13.2. The summed E-state index contributed by atoms with van der Waals surface area (Å²) in [6.45, 7) is 8.65. The highest BCUT2D eigenvalue weighted by molar-refractivity contribution is 5.77. The first-order valence-electron chi connectivity index (χ1n) is 10.5. The van der Waals surface area contributed by atoms with E-state index in [9.17, 15) is 9.59 Å². The fourth-order valence-electron chi connectivity index (χ4n) is 4.09. The van der Waals surface area contributed by atoms with Gasteiger partial charge in [0, 0.05) is 36.3 Å². The van der Waals surface area contributed by atoms with Crippen molar-refractivity contribution in [2.24, 2.45) is 0 Å². The third kappa shape index (κ3) is 4.23. The molecule has 3 aromatic rings. The zero-order valence-electron chi connectivity index (χ0n) is 18.3. The number of hydrogen-bond donors (Lipinski definition) is 2. The van der Waals surface area contributed by atoms with Crippen molar-refractivity contribution in [2.75, 3.05) is 11.9 Å². The molecule has 2 aromatic heterocycles. The van der Waals surface area contributed by atoms with Crippen LogP contribution in [0.1, 0.15) is 46.0 Å². The van der Waals surface area contributed by atoms with Gasteiger partial charge in [0.2, 0.25) is 5.91 Å². The predicted molar refractivity (Wildman–Crippen MR) is 117 cm³/mol. The summed E-state index contributed by atoms with van der Waals surface area (Å²) in [4.78, 5) is 33.9. The molecule has 0 unspecified atom stereocenters. The summed E-state index contributed by atoms with van der Waals surface area (Å²) in [6.07, 6.45) is 1.25. The van der Waals surface area contributed by atoms with Crippen molar-refractivity contribution in [1.82, 2.24) is 20.0 Å². The van der Waals surface area contributed by atoms with Crippen molar-refractivity contribution in [1.29, 1.82) is 0 Å². The van der Waals surface area contributed by atoms with E-state index in [1.165, 1.54) is 0 Å². The number of para-hydroxylation sites is 1. The van der Waals surface area contributed by atoms with Crippen molar-refractivity contribution in [2.45, 2.75) is 53.5 Å². The number of nitrogens with one attached hydrogen (secondary N) is 2. The van der Waals surface area contributed by atoms with Crippen molar-refractivity contribution in [3.63, 3.8) is 0 Å². The van der Waals surface area contributed by atoms with E-state index in [1.807, 2.05) is 32.0 Å². The Balaban J connectivity index is 1.47. The number of aryl methyl sites for hydroxylation is 4. The highest BCUT2D eigenvalue weighted by atomic mass is 16.5. The Morgan fingerprint density at radius 3 is 2.68 bits per heavy atom. The van der Waals surface area contributed by atoms with Gasteiger partial charge in [0.15, 0.2) is 5.82 Å². The number of aromatic nitrogens is 3. The Bertz CT molecular complexity index is 1170. The van der Waals surface area contributed by atoms with Gasteiger partial charge in [-0.3, -0.25) is 9.59 Å². The van der Waals surface area contributed by atoms with Crippen LogP contribution in [-0.2, 0) is 24.2 Å². The van der Waals surface area contributed by atoms with Gasteiger partial charge in [0.05, 0.1) is 12.1 Å². The molecule has 8 heteroatoms. The number of fused-ring (bicyclic) bond motifs is 1. The Morgan fingerprint density at radius 1 is 1.23 bits per heavy atom. The quantitative estimate of drug-likeness (QED) is 0.655. The monoisotopic (exact) mass is 421 g/mol. The molecule has 0 atom stereocenters. The molecule has 0 fully saturated rings. The average Bonchev–Trinajstić information content (AvgIpc) is 3.12. The maximum absolute atomic E-state index is 12.9. The molecule has 4 rings (SSSR count). The van der Waals surface area contributed by atoms with E-state index in [0.717, 1.165) is 28.1 Å². The molecule has 0 aliphatic carbocycles. The number of hydrogen-bond acceptors (Lipinski definition) is 6. The Hall–Kier alpha value is -3.42. The van der Waals surface area contributed by atoms with Crippen LogP contribution in [0.4, 0.5) is 11.5 Å². The van der Waals surface area contributed by atoms with E-state index in [2.05, 4.69) is 20.4 Å². The second kappa shape index (κ2) is 8.37. The molecule has 0 radical (unpaired) electrons. The van der Waals surface area contributed by atoms with E-state index in [1.54, 1.807) is 18.7 Å². The van der Waals surface area contributed by atoms with Crippen LogP contribution in [0.2, 0.25) is 0 Å². The Labute approximate surface area is 180 Å². The second-order valence-electron chi connectivity index (χ2n) is 8.11. The lowest BCUT2D eigenvalue weighted by molar-refractivity contribution is -0.132. The summed E-state index contributed by atoms with van der Waals surface area (Å²) in [5, 5.41) is 7.61. The maximum atomic E-state index is 12.9. The molecule has 1 amide bonds. The van der Waals surface area contributed by atoms with Crippen LogP contribution in [0.15, 0.2) is 27.5 Å². The molecule has 2 N–H and O–H groups in total. The number of H-pyrrole nitrogens is 1. The smallest absolute Gasteiger partial charge is 0.254 e. The van der Waals surface area contributed by atoms with Crippen molar-refractivity contribution < 1.29 is 9.32 Å². The molecule has 1 aliphatic heterocycles. The maximum Gasteiger partial charge on any atom is 0.254 e. The van der Waals surface area contributed by atoms with Crippen LogP contribution in [0.5, 0.6) is 0 Å². The summed E-state index contributed by atoms with van der Waals surface area (Å²) in [6, 6.07) is 6.10. The van der Waals surface area contributed by atoms with E-state index in [0.29, 0.717) is 48.8 Å². The molecular weight excluding hydrogens is 394 g/mol. The molecule has 8 nitrogen and oxygen atoms in total. The Kier molecular flexibility index (Phi) is 5.63. The molecule has 0 spiro atoms. The number of anilines is 2. The third-order valence-corrected chi connectivity index (χ3v) is 5.83. The van der Waals surface area contributed by atoms with Crippen molar-refractivity contribution >= 4 is 17.4 Å². The standard InChI is InChI=1S/C23H27N5O3/c1-13-6-5-7-14(2)21(13)26-22-18-12-28(11-10-19(18)31-27-22)20(29)9-8-17-15(3)24-16(4)25-23(17)30/h5-7H,8-12H2,1-4H3,(H,26,27)(H,24,25,30). The molecular formula is C23H27N5O3. The lowest BCUT2D eigenvalue weighted by atomic mass is 10.0. The van der Waals surface area contributed by atoms with Gasteiger partial charge in [-0.1, -0.05) is 23.4 Å². The molecule has 1 aromatic carbocycles. The molecule has 0 saturated heterocycles. The van der Waals surface area contributed by atoms with E-state index < -0.39 is 0 Å². The number of carbonyl (C=O) groups is 1. The average molecular weight is 422 g/mol. The lowest BCUT2D eigenvalue weighted by Crippen LogP contribution is -2.36. The van der Waals surface area contributed by atoms with E-state index >= 15 is 0 Å². The first-order valence-corrected chi connectivity index (χ1v) is 10.5. The number of amides is 1. The minimum absolute atomic E-state index is 0.00393. The van der Waals surface area contributed by atoms with Gasteiger partial charge in [-0.25, -0.2) is 4.98 Å². The zero-order valence-corrected chi connectivity index (χ0v) is 18.3. The minimum Gasteiger partial charge on any atom is -0.359 e. The summed E-state index contributed by atoms with van der Waals surface area (Å²) >= 11 is 0. The Morgan fingerprint density at radius 2 is 1.97 bits per heavy atom. The van der Waals surface area contributed by atoms with Crippen LogP contribution >= 0.6 is 0 Å². The molecule has 162 valence electrons. The van der Waals surface area contributed by atoms with Crippen LogP contribution in [0.25, 0.3) is 0 Å². The zero-order chi connectivity index (χ0) is 22.1. The van der Waals surface area contributed by atoms with Crippen LogP contribution in [0.3, 0.4) is 0 Å². The summed E-state index contributed by atoms with van der Waals surface area (Å²) in [5.74, 6) is 2.05. The number of rotatable bonds is 5. The largest absolute Gasteiger partial charge is 0.359 e. The first-order chi connectivity index (χ1) is 14.8. The van der Waals surface area contributed by atoms with Gasteiger partial charge in [-0.15, -0.1) is 0 Å². The van der Waals surface area contributed by atoms with Gasteiger partial charge < -0.3 is 19.7 Å². The fraction of sp³-hybridized carbons (Fsp3) is 0.391. The number of benzene rings is 1. The number of nitrogens with zero attached hydrogens (tertiary/aromatic N) is 3. The van der Waals surface area contributed by atoms with Gasteiger partial charge in [-0.2, -0.15) is 0 Å². The van der Waals surface area contributed by atoms with E-state index in [4.69, 9.17) is 4.52 Å². The predicted octanol–water partition coefficient (Wildman–Crippen LogP) is 3.25. The number of aromatic amines is 1. The molecule has 0 saturated carbocycles. The topological polar surface area (TPSA) is 104 Å². The highest BCUT2D eigenvalue weighted by Crippen LogP contribution is 2.31. The summed E-state index contributed by atoms with van der Waals surface area (Å²) in [7, 11) is 0. The third-order valence-electron chi connectivity index (χ3n) is 5.83. The fourth-order valence-corrected chi connectivity index (χ4v) is 4.09. The first kappa shape index (κ1) is 20.8. The summed E-state index contributed by atoms with van der Waals surface area (Å²) in [5.41, 5.74) is 5.23. The SMILES string of the molecule is Cc1nc(C)c(CCC(=O)N2CCc3onc(Nc4c(C)cccc4C)c3C2)c(=O)[nH]1. The number of carbonyl (C=O) groups excluding carboxylic acids is 1. The van der Waals surface area contributed by atoms with Gasteiger partial charge in [-0.05, 0) is 45.2 Å².